The summed E-state index contributed by atoms with van der Waals surface area (Å²) in [7, 11) is -2.86. The van der Waals surface area contributed by atoms with E-state index in [1.165, 1.54) is 19.3 Å². The topological polar surface area (TPSA) is 52.5 Å². The standard InChI is InChI=1S/C9H23NO2Si/c1-3-5-6-7-8-10-9-13(11,12)4-2/h10-12H,3-9H2,1-2H3. The molecule has 0 aromatic carbocycles. The first kappa shape index (κ1) is 13.1. The minimum absolute atomic E-state index is 0.412. The van der Waals surface area contributed by atoms with Gasteiger partial charge in [-0.25, -0.2) is 0 Å². The van der Waals surface area contributed by atoms with E-state index in [0.29, 0.717) is 12.2 Å². The van der Waals surface area contributed by atoms with Gasteiger partial charge in [0.2, 0.25) is 0 Å². The van der Waals surface area contributed by atoms with Gasteiger partial charge in [0.25, 0.3) is 0 Å². The van der Waals surface area contributed by atoms with Gasteiger partial charge in [0.15, 0.2) is 0 Å². The Hall–Kier alpha value is 0.0969. The zero-order valence-corrected chi connectivity index (χ0v) is 9.84. The van der Waals surface area contributed by atoms with Crippen molar-refractivity contribution in [2.75, 3.05) is 12.7 Å². The van der Waals surface area contributed by atoms with Gasteiger partial charge in [-0.3, -0.25) is 0 Å². The number of unbranched alkanes of at least 4 members (excludes halogenated alkanes) is 3. The molecular weight excluding hydrogens is 182 g/mol. The van der Waals surface area contributed by atoms with Crippen LogP contribution in [-0.2, 0) is 0 Å². The van der Waals surface area contributed by atoms with E-state index >= 15 is 0 Å². The summed E-state index contributed by atoms with van der Waals surface area (Å²) in [5.74, 6) is 0. The Labute approximate surface area is 82.4 Å². The van der Waals surface area contributed by atoms with Crippen molar-refractivity contribution in [2.24, 2.45) is 0 Å². The van der Waals surface area contributed by atoms with Gasteiger partial charge >= 0.3 is 8.56 Å². The molecule has 0 aliphatic heterocycles. The summed E-state index contributed by atoms with van der Waals surface area (Å²) < 4.78 is 0. The van der Waals surface area contributed by atoms with Crippen LogP contribution in [0.5, 0.6) is 0 Å². The van der Waals surface area contributed by atoms with E-state index in [4.69, 9.17) is 0 Å². The van der Waals surface area contributed by atoms with E-state index in [9.17, 15) is 9.59 Å². The Morgan fingerprint density at radius 3 is 2.31 bits per heavy atom. The van der Waals surface area contributed by atoms with E-state index in [1.807, 2.05) is 6.92 Å². The van der Waals surface area contributed by atoms with E-state index in [1.54, 1.807) is 0 Å². The van der Waals surface area contributed by atoms with Crippen LogP contribution in [0.15, 0.2) is 0 Å². The van der Waals surface area contributed by atoms with Gasteiger partial charge in [0.1, 0.15) is 0 Å². The quantitative estimate of drug-likeness (QED) is 0.411. The fourth-order valence-electron chi connectivity index (χ4n) is 1.09. The molecule has 3 N–H and O–H groups in total. The first-order valence-corrected chi connectivity index (χ1v) is 7.58. The average Bonchev–Trinajstić information content (AvgIpc) is 2.11. The lowest BCUT2D eigenvalue weighted by Crippen LogP contribution is -2.45. The van der Waals surface area contributed by atoms with Crippen LogP contribution in [-0.4, -0.2) is 30.9 Å². The highest BCUT2D eigenvalue weighted by Crippen LogP contribution is 1.99. The normalized spacial score (nSPS) is 12.0. The molecule has 0 amide bonds. The third-order valence-corrected chi connectivity index (χ3v) is 4.13. The van der Waals surface area contributed by atoms with Gasteiger partial charge in [0, 0.05) is 6.17 Å². The van der Waals surface area contributed by atoms with Gasteiger partial charge < -0.3 is 14.9 Å². The van der Waals surface area contributed by atoms with E-state index in [2.05, 4.69) is 12.2 Å². The Kier molecular flexibility index (Phi) is 7.55. The molecule has 0 saturated heterocycles. The largest absolute Gasteiger partial charge is 0.410 e. The van der Waals surface area contributed by atoms with Crippen LogP contribution in [0.1, 0.15) is 39.5 Å². The predicted molar refractivity (Wildman–Crippen MR) is 57.7 cm³/mol. The molecule has 0 aromatic rings. The minimum Gasteiger partial charge on any atom is -0.410 e. The lowest BCUT2D eigenvalue weighted by atomic mass is 10.2. The molecule has 0 rings (SSSR count). The molecule has 0 heterocycles. The second-order valence-corrected chi connectivity index (χ2v) is 6.60. The van der Waals surface area contributed by atoms with Gasteiger partial charge in [-0.1, -0.05) is 33.1 Å². The van der Waals surface area contributed by atoms with Crippen molar-refractivity contribution < 1.29 is 9.59 Å². The molecule has 0 spiro atoms. The van der Waals surface area contributed by atoms with Crippen molar-refractivity contribution in [3.05, 3.63) is 0 Å². The maximum atomic E-state index is 9.36. The molecule has 0 atom stereocenters. The van der Waals surface area contributed by atoms with Crippen LogP contribution >= 0.6 is 0 Å². The first-order chi connectivity index (χ1) is 6.12. The lowest BCUT2D eigenvalue weighted by molar-refractivity contribution is 0.354. The maximum Gasteiger partial charge on any atom is 0.346 e. The fraction of sp³-hybridized carbons (Fsp3) is 1.00. The fourth-order valence-corrected chi connectivity index (χ4v) is 1.92. The van der Waals surface area contributed by atoms with Crippen LogP contribution in [0, 0.1) is 0 Å². The molecule has 4 heteroatoms. The summed E-state index contributed by atoms with van der Waals surface area (Å²) in [6.45, 7) is 4.92. The predicted octanol–water partition coefficient (Wildman–Crippen LogP) is 1.14. The summed E-state index contributed by atoms with van der Waals surface area (Å²) in [6.07, 6.45) is 5.31. The summed E-state index contributed by atoms with van der Waals surface area (Å²) in [5.41, 5.74) is 0. The molecule has 0 aliphatic rings. The van der Waals surface area contributed by atoms with Crippen molar-refractivity contribution in [1.29, 1.82) is 0 Å². The SMILES string of the molecule is CCCCCCNC[Si](O)(O)CC. The summed E-state index contributed by atoms with van der Waals surface area (Å²) in [6, 6.07) is 0.509. The van der Waals surface area contributed by atoms with Crippen LogP contribution in [0.25, 0.3) is 0 Å². The molecule has 0 unspecified atom stereocenters. The maximum absolute atomic E-state index is 9.36. The van der Waals surface area contributed by atoms with Crippen molar-refractivity contribution in [3.63, 3.8) is 0 Å². The Morgan fingerprint density at radius 2 is 1.77 bits per heavy atom. The minimum atomic E-state index is -2.86. The third-order valence-electron chi connectivity index (χ3n) is 2.18. The Balaban J connectivity index is 3.16. The van der Waals surface area contributed by atoms with E-state index < -0.39 is 8.56 Å². The smallest absolute Gasteiger partial charge is 0.346 e. The second kappa shape index (κ2) is 7.50. The van der Waals surface area contributed by atoms with Crippen LogP contribution in [0.2, 0.25) is 6.04 Å². The molecular formula is C9H23NO2Si. The van der Waals surface area contributed by atoms with Crippen LogP contribution in [0.4, 0.5) is 0 Å². The second-order valence-electron chi connectivity index (χ2n) is 3.57. The summed E-state index contributed by atoms with van der Waals surface area (Å²) in [4.78, 5) is 18.7. The van der Waals surface area contributed by atoms with Gasteiger partial charge in [-0.15, -0.1) is 0 Å². The van der Waals surface area contributed by atoms with Crippen molar-refractivity contribution in [3.8, 4) is 0 Å². The highest BCUT2D eigenvalue weighted by atomic mass is 28.4. The highest BCUT2D eigenvalue weighted by Gasteiger charge is 2.25. The number of hydrogen-bond acceptors (Lipinski definition) is 3. The van der Waals surface area contributed by atoms with Gasteiger partial charge in [0.05, 0.1) is 0 Å². The zero-order valence-electron chi connectivity index (χ0n) is 8.84. The molecule has 0 bridgehead atoms. The average molecular weight is 205 g/mol. The highest BCUT2D eigenvalue weighted by molar-refractivity contribution is 6.64. The van der Waals surface area contributed by atoms with Crippen molar-refractivity contribution >= 4 is 8.56 Å². The number of rotatable bonds is 8. The Morgan fingerprint density at radius 1 is 1.08 bits per heavy atom. The van der Waals surface area contributed by atoms with Crippen LogP contribution < -0.4 is 5.32 Å². The Bertz CT molecular complexity index is 120. The molecule has 0 fully saturated rings. The number of nitrogens with one attached hydrogen (secondary N) is 1. The van der Waals surface area contributed by atoms with E-state index in [-0.39, 0.29) is 0 Å². The molecule has 0 aliphatic carbocycles. The molecule has 0 radical (unpaired) electrons. The lowest BCUT2D eigenvalue weighted by Gasteiger charge is -2.15. The molecule has 0 aromatic heterocycles. The molecule has 13 heavy (non-hydrogen) atoms. The third kappa shape index (κ3) is 8.43. The summed E-state index contributed by atoms with van der Waals surface area (Å²) >= 11 is 0. The summed E-state index contributed by atoms with van der Waals surface area (Å²) in [5, 5.41) is 3.10. The van der Waals surface area contributed by atoms with Gasteiger partial charge in [-0.05, 0) is 19.0 Å². The molecule has 80 valence electrons. The molecule has 0 saturated carbocycles. The first-order valence-electron chi connectivity index (χ1n) is 5.28. The number of hydrogen-bond donors (Lipinski definition) is 3. The zero-order chi connectivity index (χ0) is 10.2. The van der Waals surface area contributed by atoms with Gasteiger partial charge in [-0.2, -0.15) is 0 Å². The van der Waals surface area contributed by atoms with Crippen molar-refractivity contribution in [1.82, 2.24) is 5.32 Å². The van der Waals surface area contributed by atoms with Crippen molar-refractivity contribution in [2.45, 2.75) is 45.6 Å². The monoisotopic (exact) mass is 205 g/mol. The van der Waals surface area contributed by atoms with Crippen LogP contribution in [0.3, 0.4) is 0 Å². The van der Waals surface area contributed by atoms with E-state index in [0.717, 1.165) is 13.0 Å². The molecule has 3 nitrogen and oxygen atoms in total.